The molecule has 2 amide bonds. The number of carbonyl (C=O) groups excluding carboxylic acids is 1. The lowest BCUT2D eigenvalue weighted by Crippen LogP contribution is -2.39. The second-order valence-corrected chi connectivity index (χ2v) is 7.02. The Labute approximate surface area is 177 Å². The van der Waals surface area contributed by atoms with Crippen LogP contribution >= 0.6 is 0 Å². The molecule has 0 fully saturated rings. The van der Waals surface area contributed by atoms with Crippen molar-refractivity contribution in [2.75, 3.05) is 5.32 Å². The zero-order chi connectivity index (χ0) is 22.4. The predicted octanol–water partition coefficient (Wildman–Crippen LogP) is 5.48. The zero-order valence-electron chi connectivity index (χ0n) is 16.9. The minimum atomic E-state index is -4.76. The summed E-state index contributed by atoms with van der Waals surface area (Å²) in [6, 6.07) is 12.2. The monoisotopic (exact) mass is 430 g/mol. The molecule has 0 saturated carbocycles. The molecule has 0 aliphatic heterocycles. The molecule has 1 heterocycles. The summed E-state index contributed by atoms with van der Waals surface area (Å²) in [5, 5.41) is 2.71. The number of hydrogen-bond acceptors (Lipinski definition) is 4. The minimum absolute atomic E-state index is 0.118. The van der Waals surface area contributed by atoms with Gasteiger partial charge in [-0.3, -0.25) is 9.97 Å². The van der Waals surface area contributed by atoms with Gasteiger partial charge in [-0.05, 0) is 49.7 Å². The number of halogens is 3. The van der Waals surface area contributed by atoms with Gasteiger partial charge in [0.05, 0.1) is 11.9 Å². The highest BCUT2D eigenvalue weighted by atomic mass is 19.4. The number of rotatable bonds is 6. The van der Waals surface area contributed by atoms with Crippen molar-refractivity contribution in [1.29, 1.82) is 0 Å². The summed E-state index contributed by atoms with van der Waals surface area (Å²) in [4.78, 5) is 22.8. The van der Waals surface area contributed by atoms with Crippen LogP contribution in [0.3, 0.4) is 0 Å². The number of hydrogen-bond donors (Lipinski definition) is 1. The SMILES string of the molecule is CC(C)N(Cc1cccc(-c2cnccn2)c1)C(=O)Nc1ccc(OC(F)(F)F)cc1. The van der Waals surface area contributed by atoms with E-state index in [0.29, 0.717) is 12.2 Å². The maximum absolute atomic E-state index is 12.8. The van der Waals surface area contributed by atoms with Crippen molar-refractivity contribution in [2.45, 2.75) is 32.8 Å². The van der Waals surface area contributed by atoms with Crippen LogP contribution in [0.25, 0.3) is 11.3 Å². The Morgan fingerprint density at radius 2 is 1.87 bits per heavy atom. The molecular weight excluding hydrogens is 409 g/mol. The van der Waals surface area contributed by atoms with Crippen molar-refractivity contribution in [3.63, 3.8) is 0 Å². The lowest BCUT2D eigenvalue weighted by Gasteiger charge is -2.27. The molecule has 3 aromatic rings. The Kier molecular flexibility index (Phi) is 6.74. The summed E-state index contributed by atoms with van der Waals surface area (Å²) in [6.07, 6.45) is 0.109. The maximum Gasteiger partial charge on any atom is 0.573 e. The molecule has 0 aliphatic rings. The number of benzene rings is 2. The van der Waals surface area contributed by atoms with Gasteiger partial charge in [0.25, 0.3) is 0 Å². The first-order valence-corrected chi connectivity index (χ1v) is 9.50. The average Bonchev–Trinajstić information content (AvgIpc) is 2.73. The predicted molar refractivity (Wildman–Crippen MR) is 110 cm³/mol. The van der Waals surface area contributed by atoms with E-state index in [2.05, 4.69) is 20.0 Å². The summed E-state index contributed by atoms with van der Waals surface area (Å²) in [7, 11) is 0. The fourth-order valence-corrected chi connectivity index (χ4v) is 2.90. The van der Waals surface area contributed by atoms with E-state index in [0.717, 1.165) is 29.0 Å². The molecule has 0 aliphatic carbocycles. The Bertz CT molecular complexity index is 1010. The second-order valence-electron chi connectivity index (χ2n) is 7.02. The van der Waals surface area contributed by atoms with Crippen molar-refractivity contribution in [1.82, 2.24) is 14.9 Å². The van der Waals surface area contributed by atoms with Crippen molar-refractivity contribution in [3.8, 4) is 17.0 Å². The molecule has 0 spiro atoms. The first-order valence-electron chi connectivity index (χ1n) is 9.50. The van der Waals surface area contributed by atoms with Gasteiger partial charge in [0.1, 0.15) is 5.75 Å². The van der Waals surface area contributed by atoms with Crippen LogP contribution in [-0.2, 0) is 6.54 Å². The number of carbonyl (C=O) groups is 1. The Hall–Kier alpha value is -3.62. The number of nitrogens with one attached hydrogen (secondary N) is 1. The molecule has 2 aromatic carbocycles. The molecule has 162 valence electrons. The van der Waals surface area contributed by atoms with Gasteiger partial charge in [0.15, 0.2) is 0 Å². The smallest absolute Gasteiger partial charge is 0.406 e. The van der Waals surface area contributed by atoms with Crippen LogP contribution in [0.15, 0.2) is 67.1 Å². The van der Waals surface area contributed by atoms with Crippen LogP contribution in [0.5, 0.6) is 5.75 Å². The van der Waals surface area contributed by atoms with E-state index in [1.54, 1.807) is 23.5 Å². The number of ether oxygens (including phenoxy) is 1. The summed E-state index contributed by atoms with van der Waals surface area (Å²) < 4.78 is 40.7. The first kappa shape index (κ1) is 22.1. The molecule has 1 N–H and O–H groups in total. The van der Waals surface area contributed by atoms with E-state index >= 15 is 0 Å². The maximum atomic E-state index is 12.8. The van der Waals surface area contributed by atoms with E-state index in [9.17, 15) is 18.0 Å². The highest BCUT2D eigenvalue weighted by molar-refractivity contribution is 5.89. The van der Waals surface area contributed by atoms with Crippen molar-refractivity contribution >= 4 is 11.7 Å². The van der Waals surface area contributed by atoms with E-state index in [1.807, 2.05) is 38.1 Å². The van der Waals surface area contributed by atoms with Gasteiger partial charge < -0.3 is 15.0 Å². The fraction of sp³-hybridized carbons (Fsp3) is 0.227. The Balaban J connectivity index is 1.70. The van der Waals surface area contributed by atoms with Crippen LogP contribution in [-0.4, -0.2) is 33.3 Å². The molecule has 0 radical (unpaired) electrons. The molecule has 0 atom stereocenters. The molecule has 31 heavy (non-hydrogen) atoms. The van der Waals surface area contributed by atoms with Crippen molar-refractivity contribution in [3.05, 3.63) is 72.7 Å². The number of alkyl halides is 3. The fourth-order valence-electron chi connectivity index (χ4n) is 2.90. The van der Waals surface area contributed by atoms with Gasteiger partial charge in [-0.25, -0.2) is 4.79 Å². The quantitative estimate of drug-likeness (QED) is 0.562. The molecule has 1 aromatic heterocycles. The third-order valence-corrected chi connectivity index (χ3v) is 4.36. The van der Waals surface area contributed by atoms with Gasteiger partial charge in [0, 0.05) is 36.2 Å². The average molecular weight is 430 g/mol. The first-order chi connectivity index (χ1) is 14.7. The van der Waals surface area contributed by atoms with E-state index in [1.165, 1.54) is 12.1 Å². The number of anilines is 1. The van der Waals surface area contributed by atoms with Crippen LogP contribution in [0.2, 0.25) is 0 Å². The van der Waals surface area contributed by atoms with Crippen LogP contribution in [0, 0.1) is 0 Å². The second kappa shape index (κ2) is 9.46. The molecule has 3 rings (SSSR count). The summed E-state index contributed by atoms with van der Waals surface area (Å²) >= 11 is 0. The largest absolute Gasteiger partial charge is 0.573 e. The number of aromatic nitrogens is 2. The van der Waals surface area contributed by atoms with Gasteiger partial charge in [-0.15, -0.1) is 13.2 Å². The zero-order valence-corrected chi connectivity index (χ0v) is 16.9. The van der Waals surface area contributed by atoms with Gasteiger partial charge in [-0.1, -0.05) is 18.2 Å². The van der Waals surface area contributed by atoms with Crippen molar-refractivity contribution in [2.24, 2.45) is 0 Å². The summed E-state index contributed by atoms with van der Waals surface area (Å²) in [5.41, 5.74) is 2.88. The van der Waals surface area contributed by atoms with Crippen molar-refractivity contribution < 1.29 is 22.7 Å². The molecule has 0 saturated heterocycles. The lowest BCUT2D eigenvalue weighted by atomic mass is 10.1. The molecular formula is C22H21F3N4O2. The molecule has 9 heteroatoms. The Morgan fingerprint density at radius 3 is 2.48 bits per heavy atom. The van der Waals surface area contributed by atoms with E-state index in [-0.39, 0.29) is 17.8 Å². The van der Waals surface area contributed by atoms with Gasteiger partial charge >= 0.3 is 12.4 Å². The van der Waals surface area contributed by atoms with Gasteiger partial charge in [-0.2, -0.15) is 0 Å². The van der Waals surface area contributed by atoms with Gasteiger partial charge in [0.2, 0.25) is 0 Å². The highest BCUT2D eigenvalue weighted by Gasteiger charge is 2.31. The van der Waals surface area contributed by atoms with Crippen LogP contribution in [0.4, 0.5) is 23.7 Å². The lowest BCUT2D eigenvalue weighted by molar-refractivity contribution is -0.274. The topological polar surface area (TPSA) is 67.4 Å². The standard InChI is InChI=1S/C22H21F3N4O2/c1-15(2)29(14-16-4-3-5-17(12-16)20-13-26-10-11-27-20)21(30)28-18-6-8-19(9-7-18)31-22(23,24)25/h3-13,15H,14H2,1-2H3,(H,28,30). The number of urea groups is 1. The number of nitrogens with zero attached hydrogens (tertiary/aromatic N) is 3. The Morgan fingerprint density at radius 1 is 1.13 bits per heavy atom. The molecule has 6 nitrogen and oxygen atoms in total. The minimum Gasteiger partial charge on any atom is -0.406 e. The molecule has 0 bridgehead atoms. The normalized spacial score (nSPS) is 11.3. The van der Waals surface area contributed by atoms with Crippen LogP contribution in [0.1, 0.15) is 19.4 Å². The number of amides is 2. The van der Waals surface area contributed by atoms with Crippen LogP contribution < -0.4 is 10.1 Å². The summed E-state index contributed by atoms with van der Waals surface area (Å²) in [6.45, 7) is 4.10. The molecule has 0 unspecified atom stereocenters. The third kappa shape index (κ3) is 6.43. The van der Waals surface area contributed by atoms with E-state index in [4.69, 9.17) is 0 Å². The summed E-state index contributed by atoms with van der Waals surface area (Å²) in [5.74, 6) is -0.355. The third-order valence-electron chi connectivity index (χ3n) is 4.36. The highest BCUT2D eigenvalue weighted by Crippen LogP contribution is 2.24. The van der Waals surface area contributed by atoms with E-state index < -0.39 is 6.36 Å².